The maximum Gasteiger partial charge on any atom is 0.298 e. The van der Waals surface area contributed by atoms with E-state index in [1.165, 1.54) is 19.1 Å². The van der Waals surface area contributed by atoms with Crippen LogP contribution in [-0.2, 0) is 91.1 Å². The number of nitro benzene ring substituents is 1. The summed E-state index contributed by atoms with van der Waals surface area (Å²) in [5, 5.41) is 79.4. The molecule has 0 radical (unpaired) electrons. The summed E-state index contributed by atoms with van der Waals surface area (Å²) < 4.78 is 324. The summed E-state index contributed by atoms with van der Waals surface area (Å²) in [4.78, 5) is 1.71. The Morgan fingerprint density at radius 1 is 0.391 bits per heavy atom. The van der Waals surface area contributed by atoms with Gasteiger partial charge in [-0.25, -0.2) is 0 Å². The number of benzene rings is 9. The van der Waals surface area contributed by atoms with Crippen LogP contribution >= 0.6 is 0 Å². The van der Waals surface area contributed by atoms with Crippen LogP contribution in [0.2, 0.25) is 0 Å². The fourth-order valence-electron chi connectivity index (χ4n) is 9.98. The van der Waals surface area contributed by atoms with Crippen molar-refractivity contribution >= 4 is 192 Å². The first kappa shape index (κ1) is 83.2. The van der Waals surface area contributed by atoms with Crippen molar-refractivity contribution in [2.45, 2.75) is 54.0 Å². The van der Waals surface area contributed by atoms with Crippen LogP contribution in [0.4, 0.5) is 68.2 Å². The summed E-state index contributed by atoms with van der Waals surface area (Å²) in [6.45, 7) is 0.313. The fraction of sp³-hybridized carbons (Fsp3) is 0.127. The van der Waals surface area contributed by atoms with E-state index in [2.05, 4.69) is 51.1 Å². The molecule has 0 saturated heterocycles. The molecule has 0 aliphatic heterocycles. The van der Waals surface area contributed by atoms with Crippen LogP contribution in [0.25, 0.3) is 32.3 Å². The summed E-state index contributed by atoms with van der Waals surface area (Å²) in [6.07, 6.45) is -0.783. The van der Waals surface area contributed by atoms with Gasteiger partial charge in [0.25, 0.3) is 96.8 Å². The number of nitro groups is 1. The number of nitrogen functional groups attached to an aromatic ring is 1. The average molecular weight is 1710 g/mol. The molecule has 0 aromatic heterocycles. The van der Waals surface area contributed by atoms with Gasteiger partial charge in [-0.05, 0) is 104 Å². The van der Waals surface area contributed by atoms with E-state index in [0.717, 1.165) is 36.4 Å². The van der Waals surface area contributed by atoms with Gasteiger partial charge in [-0.1, -0.05) is 0 Å². The van der Waals surface area contributed by atoms with Crippen molar-refractivity contribution in [1.82, 2.24) is 0 Å². The highest BCUT2D eigenvalue weighted by molar-refractivity contribution is 7.88. The third-order valence-electron chi connectivity index (χ3n) is 14.7. The zero-order chi connectivity index (χ0) is 81.7. The van der Waals surface area contributed by atoms with Gasteiger partial charge in [0, 0.05) is 45.8 Å². The summed E-state index contributed by atoms with van der Waals surface area (Å²) >= 11 is 0. The predicted molar refractivity (Wildman–Crippen MR) is 375 cm³/mol. The van der Waals surface area contributed by atoms with Crippen LogP contribution in [0.15, 0.2) is 189 Å². The molecule has 0 saturated carbocycles. The minimum atomic E-state index is -5.83. The molecule has 9 aromatic carbocycles. The molecule has 55 heteroatoms. The van der Waals surface area contributed by atoms with Crippen LogP contribution in [0, 0.1) is 17.0 Å². The Hall–Kier alpha value is -10.9. The van der Waals surface area contributed by atoms with Crippen molar-refractivity contribution in [3.8, 4) is 28.7 Å². The number of fused-ring (bicyclic) bond motifs is 3. The standard InChI is InChI=1S/C55H46N12O34S9/c1-25-16-38(43(101-13-3-15-103(76,77)78)23-37(25)62-59-34-7-4-26(17-42(34)100-12-2-14-102(73,74)75)57-60-35-10-11-44(106(85,86)87)31-18-28(105(82,83)84)20-41(68)48(31)35)63-65-51-46(108(91,92)93)21-30-29(53(51)69)6-9-36(55(30)110(97,98)99)61-64-39-24-45(107(88,89)90)32-22-47(109(94,95)96)52(54(70)49(32)50(39)56)66-58-33-8-5-27(104(79,80)81)19-40(33)67(71)72/h4-11,16-24,68-70H,2-3,12-15,56H2,1H3,(H,73,74,75)(H,76,77,78)(H,79,80,81)(H,82,83,84)(H,85,86,87)(H,88,89,90)(H,91,92,93)(H,94,95,96)(H,97,98,99). The van der Waals surface area contributed by atoms with Crippen LogP contribution in [0.3, 0.4) is 0 Å². The van der Waals surface area contributed by atoms with E-state index in [1.54, 1.807) is 0 Å². The topological polar surface area (TPSA) is 761 Å². The number of anilines is 1. The number of hydrogen-bond acceptors (Lipinski definition) is 36. The minimum absolute atomic E-state index is 0.0567. The molecule has 0 amide bonds. The number of aromatic hydroxyl groups is 3. The second-order valence-corrected chi connectivity index (χ2v) is 35.2. The second-order valence-electron chi connectivity index (χ2n) is 22.3. The Bertz CT molecular complexity index is 6730. The van der Waals surface area contributed by atoms with Crippen molar-refractivity contribution in [1.29, 1.82) is 0 Å². The largest absolute Gasteiger partial charge is 0.507 e. The third-order valence-corrected chi connectivity index (χ3v) is 22.5. The van der Waals surface area contributed by atoms with Crippen LogP contribution in [0.5, 0.6) is 28.7 Å². The number of phenolic OH excluding ortho intramolecular Hbond substituents is 3. The van der Waals surface area contributed by atoms with Crippen LogP contribution in [0.1, 0.15) is 18.4 Å². The molecule has 0 unspecified atom stereocenters. The van der Waals surface area contributed by atoms with Crippen molar-refractivity contribution in [2.24, 2.45) is 51.1 Å². The van der Waals surface area contributed by atoms with Gasteiger partial charge >= 0.3 is 0 Å². The number of aryl methyl sites for hydroxylation is 1. The van der Waals surface area contributed by atoms with Crippen LogP contribution < -0.4 is 15.2 Å². The van der Waals surface area contributed by atoms with Gasteiger partial charge in [0.2, 0.25) is 0 Å². The maximum atomic E-state index is 13.3. The zero-order valence-corrected chi connectivity index (χ0v) is 61.4. The second kappa shape index (κ2) is 30.5. The van der Waals surface area contributed by atoms with Gasteiger partial charge in [0.15, 0.2) is 17.2 Å². The maximum absolute atomic E-state index is 13.3. The lowest BCUT2D eigenvalue weighted by atomic mass is 10.0. The van der Waals surface area contributed by atoms with E-state index < -0.39 is 262 Å². The molecular weight excluding hydrogens is 1660 g/mol. The normalized spacial score (nSPS) is 13.4. The van der Waals surface area contributed by atoms with Gasteiger partial charge in [0.1, 0.15) is 80.7 Å². The molecule has 584 valence electrons. The molecular formula is C55H46N12O34S9. The first-order chi connectivity index (χ1) is 50.6. The van der Waals surface area contributed by atoms with Gasteiger partial charge in [-0.15, -0.1) is 40.9 Å². The summed E-state index contributed by atoms with van der Waals surface area (Å²) in [7, 11) is -47.5. The lowest BCUT2D eigenvalue weighted by Gasteiger charge is -2.15. The summed E-state index contributed by atoms with van der Waals surface area (Å²) in [5.74, 6) is -6.29. The molecule has 0 heterocycles. The summed E-state index contributed by atoms with van der Waals surface area (Å²) in [5.41, 5.74) is -2.85. The SMILES string of the molecule is Cc1cc(N=Nc2c(S(=O)(=O)O)cc3c(S(=O)(=O)O)c(N=Nc4cc(S(=O)(=O)O)c5cc(S(=O)(=O)O)c(N=Nc6ccc(S(=O)(=O)O)cc6[N+](=O)[O-])c(O)c5c4N)ccc3c2O)c(OCCCS(=O)(=O)O)cc1N=Nc1ccc(N=Nc2ccc(S(=O)(=O)O)c3cc(S(=O)(=O)O)cc(O)c23)cc1OCCCS(=O)(=O)O. The number of azo groups is 5. The molecule has 0 bridgehead atoms. The van der Waals surface area contributed by atoms with Gasteiger partial charge < -0.3 is 30.5 Å². The van der Waals surface area contributed by atoms with Crippen molar-refractivity contribution < 1.29 is 146 Å². The molecule has 9 aromatic rings. The molecule has 14 N–H and O–H groups in total. The molecule has 0 atom stereocenters. The van der Waals surface area contributed by atoms with E-state index in [1.807, 2.05) is 0 Å². The molecule has 46 nitrogen and oxygen atoms in total. The first-order valence-electron chi connectivity index (χ1n) is 29.0. The number of hydrogen-bond donors (Lipinski definition) is 13. The fourth-order valence-corrected chi connectivity index (χ4v) is 15.5. The lowest BCUT2D eigenvalue weighted by molar-refractivity contribution is -0.384. The van der Waals surface area contributed by atoms with Gasteiger partial charge in [-0.3, -0.25) is 51.1 Å². The first-order valence-corrected chi connectivity index (χ1v) is 42.3. The zero-order valence-electron chi connectivity index (χ0n) is 54.1. The quantitative estimate of drug-likeness (QED) is 0.00541. The van der Waals surface area contributed by atoms with Gasteiger partial charge in [0.05, 0.1) is 68.1 Å². The van der Waals surface area contributed by atoms with E-state index in [-0.39, 0.29) is 52.6 Å². The lowest BCUT2D eigenvalue weighted by Crippen LogP contribution is -2.08. The monoisotopic (exact) mass is 1710 g/mol. The number of nitrogens with two attached hydrogens (primary N) is 1. The summed E-state index contributed by atoms with van der Waals surface area (Å²) in [6, 6.07) is 12.3. The average Bonchev–Trinajstić information content (AvgIpc) is 0.741. The van der Waals surface area contributed by atoms with Crippen molar-refractivity contribution in [2.75, 3.05) is 30.5 Å². The van der Waals surface area contributed by atoms with E-state index in [0.29, 0.717) is 42.5 Å². The molecule has 0 fully saturated rings. The van der Waals surface area contributed by atoms with Crippen molar-refractivity contribution in [3.63, 3.8) is 0 Å². The Morgan fingerprint density at radius 3 is 1.41 bits per heavy atom. The molecule has 9 rings (SSSR count). The Labute approximate surface area is 617 Å². The van der Waals surface area contributed by atoms with Gasteiger partial charge in [-0.2, -0.15) is 86.0 Å². The predicted octanol–water partition coefficient (Wildman–Crippen LogP) is 10.2. The van der Waals surface area contributed by atoms with Crippen molar-refractivity contribution in [3.05, 3.63) is 119 Å². The number of rotatable bonds is 28. The number of nitrogens with zero attached hydrogens (tertiary/aromatic N) is 11. The molecule has 0 aliphatic rings. The highest BCUT2D eigenvalue weighted by atomic mass is 32.3. The highest BCUT2D eigenvalue weighted by Gasteiger charge is 2.32. The molecule has 0 spiro atoms. The smallest absolute Gasteiger partial charge is 0.298 e. The van der Waals surface area contributed by atoms with E-state index in [9.17, 15) is 142 Å². The Balaban J connectivity index is 1.13. The number of phenols is 3. The number of ether oxygens (including phenoxy) is 2. The Morgan fingerprint density at radius 2 is 0.864 bits per heavy atom. The minimum Gasteiger partial charge on any atom is -0.507 e. The molecule has 110 heavy (non-hydrogen) atoms. The Kier molecular flexibility index (Phi) is 23.1. The van der Waals surface area contributed by atoms with Crippen LogP contribution in [-0.4, -0.2) is 162 Å². The highest BCUT2D eigenvalue weighted by Crippen LogP contribution is 2.51. The van der Waals surface area contributed by atoms with E-state index in [4.69, 9.17) is 15.2 Å². The third kappa shape index (κ3) is 19.2. The molecule has 0 aliphatic carbocycles. The van der Waals surface area contributed by atoms with E-state index >= 15 is 0 Å².